The number of nitrogens with zero attached hydrogens (tertiary/aromatic N) is 4. The van der Waals surface area contributed by atoms with E-state index in [1.54, 1.807) is 17.1 Å². The molecule has 9 heteroatoms. The fraction of sp³-hybridized carbons (Fsp3) is 0.600. The molecule has 2 N–H and O–H groups in total. The predicted molar refractivity (Wildman–Crippen MR) is 107 cm³/mol. The molecule has 2 aromatic rings. The van der Waals surface area contributed by atoms with Crippen molar-refractivity contribution in [2.24, 2.45) is 13.0 Å². The van der Waals surface area contributed by atoms with Gasteiger partial charge in [-0.1, -0.05) is 0 Å². The molecule has 1 aliphatic heterocycles. The van der Waals surface area contributed by atoms with E-state index in [1.165, 1.54) is 0 Å². The molecule has 1 aliphatic rings. The molecule has 0 radical (unpaired) electrons. The van der Waals surface area contributed by atoms with E-state index < -0.39 is 11.7 Å². The molecule has 0 aliphatic carbocycles. The third kappa shape index (κ3) is 5.16. The minimum absolute atomic E-state index is 0.143. The zero-order valence-corrected chi connectivity index (χ0v) is 17.8. The van der Waals surface area contributed by atoms with Crippen LogP contribution in [0.3, 0.4) is 0 Å². The molecule has 3 rings (SSSR count). The number of ether oxygens (including phenoxy) is 1. The van der Waals surface area contributed by atoms with Crippen LogP contribution in [0.5, 0.6) is 0 Å². The lowest BCUT2D eigenvalue weighted by atomic mass is 9.94. The van der Waals surface area contributed by atoms with Crippen molar-refractivity contribution < 1.29 is 14.3 Å². The average molecular weight is 402 g/mol. The van der Waals surface area contributed by atoms with E-state index in [0.29, 0.717) is 25.1 Å². The van der Waals surface area contributed by atoms with Crippen LogP contribution in [0.2, 0.25) is 0 Å². The largest absolute Gasteiger partial charge is 0.444 e. The molecular weight excluding hydrogens is 372 g/mol. The maximum atomic E-state index is 12.7. The first-order valence-electron chi connectivity index (χ1n) is 9.91. The van der Waals surface area contributed by atoms with Gasteiger partial charge >= 0.3 is 6.09 Å². The number of amides is 2. The van der Waals surface area contributed by atoms with Crippen molar-refractivity contribution in [3.63, 3.8) is 0 Å². The minimum atomic E-state index is -0.521. The maximum absolute atomic E-state index is 12.7. The normalized spacial score (nSPS) is 16.2. The van der Waals surface area contributed by atoms with Crippen LogP contribution in [0.25, 0.3) is 0 Å². The van der Waals surface area contributed by atoms with Gasteiger partial charge in [-0.3, -0.25) is 14.2 Å². The quantitative estimate of drug-likeness (QED) is 0.796. The Morgan fingerprint density at radius 1 is 1.24 bits per heavy atom. The number of aromatic nitrogens is 4. The molecule has 1 unspecified atom stereocenters. The van der Waals surface area contributed by atoms with Gasteiger partial charge in [-0.05, 0) is 46.5 Å². The number of hydrogen-bond donors (Lipinski definition) is 2. The number of rotatable bonds is 5. The molecule has 0 fully saturated rings. The number of fused-ring (bicyclic) bond motifs is 1. The van der Waals surface area contributed by atoms with E-state index >= 15 is 0 Å². The third-order valence-electron chi connectivity index (χ3n) is 5.13. The standard InChI is InChI=1S/C20H30N6O3/c1-13-15(11-23-25(13)5)10-21-18(27)16-12-24-26-7-6-14(8-17(16)26)9-22-19(28)29-20(2,3)4/h11-12,14H,6-10H2,1-5H3,(H,21,27)(H,22,28). The molecule has 0 aromatic carbocycles. The fourth-order valence-corrected chi connectivity index (χ4v) is 3.39. The van der Waals surface area contributed by atoms with E-state index in [1.807, 2.05) is 39.4 Å². The molecule has 9 nitrogen and oxygen atoms in total. The van der Waals surface area contributed by atoms with Crippen molar-refractivity contribution in [3.05, 3.63) is 34.9 Å². The molecule has 3 heterocycles. The monoisotopic (exact) mass is 402 g/mol. The van der Waals surface area contributed by atoms with Crippen LogP contribution in [-0.4, -0.2) is 43.7 Å². The summed E-state index contributed by atoms with van der Waals surface area (Å²) >= 11 is 0. The zero-order valence-electron chi connectivity index (χ0n) is 17.8. The summed E-state index contributed by atoms with van der Waals surface area (Å²) in [7, 11) is 1.88. The first-order valence-corrected chi connectivity index (χ1v) is 9.91. The molecule has 0 bridgehead atoms. The van der Waals surface area contributed by atoms with Crippen LogP contribution in [0.1, 0.15) is 54.5 Å². The van der Waals surface area contributed by atoms with Gasteiger partial charge in [0, 0.05) is 37.9 Å². The van der Waals surface area contributed by atoms with E-state index in [0.717, 1.165) is 29.9 Å². The van der Waals surface area contributed by atoms with E-state index in [2.05, 4.69) is 20.8 Å². The number of aryl methyl sites for hydroxylation is 2. The lowest BCUT2D eigenvalue weighted by Gasteiger charge is -2.25. The van der Waals surface area contributed by atoms with Gasteiger partial charge in [-0.25, -0.2) is 4.79 Å². The maximum Gasteiger partial charge on any atom is 0.407 e. The van der Waals surface area contributed by atoms with Crippen LogP contribution in [0.4, 0.5) is 4.79 Å². The molecule has 2 aromatic heterocycles. The SMILES string of the molecule is Cc1c(CNC(=O)c2cnn3c2CC(CNC(=O)OC(C)(C)C)CC3)cnn1C. The molecule has 158 valence electrons. The topological polar surface area (TPSA) is 103 Å². The lowest BCUT2D eigenvalue weighted by Crippen LogP contribution is -2.37. The summed E-state index contributed by atoms with van der Waals surface area (Å²) in [6.07, 6.45) is 4.55. The van der Waals surface area contributed by atoms with Crippen molar-refractivity contribution in [2.75, 3.05) is 6.54 Å². The Balaban J connectivity index is 1.58. The number of nitrogens with one attached hydrogen (secondary N) is 2. The summed E-state index contributed by atoms with van der Waals surface area (Å²) < 4.78 is 8.96. The highest BCUT2D eigenvalue weighted by Crippen LogP contribution is 2.23. The highest BCUT2D eigenvalue weighted by Gasteiger charge is 2.26. The highest BCUT2D eigenvalue weighted by atomic mass is 16.6. The molecule has 0 spiro atoms. The first-order chi connectivity index (χ1) is 13.6. The van der Waals surface area contributed by atoms with Crippen molar-refractivity contribution >= 4 is 12.0 Å². The van der Waals surface area contributed by atoms with Gasteiger partial charge in [0.05, 0.1) is 23.7 Å². The van der Waals surface area contributed by atoms with Gasteiger partial charge in [-0.2, -0.15) is 10.2 Å². The molecule has 1 atom stereocenters. The number of alkyl carbamates (subject to hydrolysis) is 1. The molecule has 2 amide bonds. The van der Waals surface area contributed by atoms with Gasteiger partial charge in [0.25, 0.3) is 5.91 Å². The summed E-state index contributed by atoms with van der Waals surface area (Å²) in [5.41, 5.74) is 2.99. The second-order valence-electron chi connectivity index (χ2n) is 8.53. The Bertz CT molecular complexity index is 893. The number of carbonyl (C=O) groups excluding carboxylic acids is 2. The number of carbonyl (C=O) groups is 2. The summed E-state index contributed by atoms with van der Waals surface area (Å²) in [4.78, 5) is 24.6. The summed E-state index contributed by atoms with van der Waals surface area (Å²) in [6.45, 7) is 9.14. The third-order valence-corrected chi connectivity index (χ3v) is 5.13. The van der Waals surface area contributed by atoms with Gasteiger partial charge < -0.3 is 15.4 Å². The highest BCUT2D eigenvalue weighted by molar-refractivity contribution is 5.95. The van der Waals surface area contributed by atoms with Crippen LogP contribution >= 0.6 is 0 Å². The summed E-state index contributed by atoms with van der Waals surface area (Å²) in [6, 6.07) is 0. The second kappa shape index (κ2) is 8.26. The van der Waals surface area contributed by atoms with Crippen LogP contribution in [-0.2, 0) is 31.3 Å². The Morgan fingerprint density at radius 2 is 2.00 bits per heavy atom. The Hall–Kier alpha value is -2.84. The van der Waals surface area contributed by atoms with E-state index in [-0.39, 0.29) is 11.8 Å². The minimum Gasteiger partial charge on any atom is -0.444 e. The molecule has 0 saturated heterocycles. The van der Waals surface area contributed by atoms with Crippen molar-refractivity contribution in [1.29, 1.82) is 0 Å². The van der Waals surface area contributed by atoms with Crippen LogP contribution in [0, 0.1) is 12.8 Å². The van der Waals surface area contributed by atoms with Gasteiger partial charge in [0.15, 0.2) is 0 Å². The second-order valence-corrected chi connectivity index (χ2v) is 8.53. The van der Waals surface area contributed by atoms with Crippen molar-refractivity contribution in [1.82, 2.24) is 30.2 Å². The van der Waals surface area contributed by atoms with Crippen molar-refractivity contribution in [2.45, 2.75) is 59.2 Å². The van der Waals surface area contributed by atoms with Crippen LogP contribution < -0.4 is 10.6 Å². The predicted octanol–water partition coefficient (Wildman–Crippen LogP) is 1.94. The smallest absolute Gasteiger partial charge is 0.407 e. The van der Waals surface area contributed by atoms with Crippen molar-refractivity contribution in [3.8, 4) is 0 Å². The lowest BCUT2D eigenvalue weighted by molar-refractivity contribution is 0.0516. The van der Waals surface area contributed by atoms with Gasteiger partial charge in [0.1, 0.15) is 5.60 Å². The van der Waals surface area contributed by atoms with Crippen LogP contribution in [0.15, 0.2) is 12.4 Å². The molecular formula is C20H30N6O3. The summed E-state index contributed by atoms with van der Waals surface area (Å²) in [5, 5.41) is 14.4. The zero-order chi connectivity index (χ0) is 21.2. The van der Waals surface area contributed by atoms with Gasteiger partial charge in [0.2, 0.25) is 0 Å². The molecule has 0 saturated carbocycles. The van der Waals surface area contributed by atoms with Gasteiger partial charge in [-0.15, -0.1) is 0 Å². The summed E-state index contributed by atoms with van der Waals surface area (Å²) in [5.74, 6) is 0.0918. The Morgan fingerprint density at radius 3 is 2.66 bits per heavy atom. The van der Waals surface area contributed by atoms with E-state index in [9.17, 15) is 9.59 Å². The fourth-order valence-electron chi connectivity index (χ4n) is 3.39. The number of hydrogen-bond acceptors (Lipinski definition) is 5. The Kier molecular flexibility index (Phi) is 5.95. The Labute approximate surface area is 170 Å². The molecule has 29 heavy (non-hydrogen) atoms. The van der Waals surface area contributed by atoms with E-state index in [4.69, 9.17) is 4.74 Å². The average Bonchev–Trinajstić information content (AvgIpc) is 3.20. The first kappa shape index (κ1) is 20.9.